The molecule has 0 N–H and O–H groups in total. The van der Waals surface area contributed by atoms with Gasteiger partial charge in [0, 0.05) is 50.7 Å². The molecule has 7 nitrogen and oxygen atoms in total. The Morgan fingerprint density at radius 2 is 1.82 bits per heavy atom. The lowest BCUT2D eigenvalue weighted by Gasteiger charge is -2.30. The molecule has 33 heavy (non-hydrogen) atoms. The number of carbonyl (C=O) groups excluding carboxylic acids is 1. The van der Waals surface area contributed by atoms with Crippen LogP contribution in [0, 0.1) is 0 Å². The van der Waals surface area contributed by atoms with Crippen LogP contribution in [0.4, 0.5) is 0 Å². The fraction of sp³-hybridized carbons (Fsp3) is 0.520. The molecule has 1 saturated carbocycles. The molecule has 178 valence electrons. The molecule has 2 aromatic rings. The van der Waals surface area contributed by atoms with E-state index in [1.54, 1.807) is 48.6 Å². The van der Waals surface area contributed by atoms with Crippen molar-refractivity contribution in [1.82, 2.24) is 14.2 Å². The van der Waals surface area contributed by atoms with E-state index >= 15 is 0 Å². The summed E-state index contributed by atoms with van der Waals surface area (Å²) < 4.78 is 33.5. The molecule has 0 radical (unpaired) electrons. The third kappa shape index (κ3) is 5.80. The number of pyridine rings is 1. The molecule has 2 aliphatic rings. The molecule has 1 saturated heterocycles. The SMILES string of the molecule is CN(C1CCCCC1)S(=O)(=O)c1ccc(C(=O)N(Cc2cccnc2)CC2CCCO2)cc1. The Labute approximate surface area is 196 Å². The van der Waals surface area contributed by atoms with Gasteiger partial charge < -0.3 is 9.64 Å². The average molecular weight is 472 g/mol. The van der Waals surface area contributed by atoms with Crippen LogP contribution in [0.1, 0.15) is 60.9 Å². The van der Waals surface area contributed by atoms with Crippen molar-refractivity contribution in [2.45, 2.75) is 68.5 Å². The van der Waals surface area contributed by atoms with Crippen molar-refractivity contribution in [2.24, 2.45) is 0 Å². The van der Waals surface area contributed by atoms with E-state index in [9.17, 15) is 13.2 Å². The van der Waals surface area contributed by atoms with Gasteiger partial charge in [0.1, 0.15) is 0 Å². The molecule has 1 aliphatic carbocycles. The summed E-state index contributed by atoms with van der Waals surface area (Å²) in [5.41, 5.74) is 1.41. The van der Waals surface area contributed by atoms with E-state index in [4.69, 9.17) is 4.74 Å². The van der Waals surface area contributed by atoms with Gasteiger partial charge in [0.25, 0.3) is 5.91 Å². The van der Waals surface area contributed by atoms with Crippen LogP contribution in [-0.2, 0) is 21.3 Å². The highest BCUT2D eigenvalue weighted by Gasteiger charge is 2.29. The first-order valence-corrected chi connectivity index (χ1v) is 13.3. The standard InChI is InChI=1S/C25H33N3O4S/c1-27(22-8-3-2-4-9-22)33(30,31)24-13-11-21(12-14-24)25(29)28(19-23-10-6-16-32-23)18-20-7-5-15-26-17-20/h5,7,11-15,17,22-23H,2-4,6,8-10,16,18-19H2,1H3. The number of amides is 1. The topological polar surface area (TPSA) is 79.8 Å². The molecule has 2 heterocycles. The minimum atomic E-state index is -3.59. The zero-order valence-electron chi connectivity index (χ0n) is 19.2. The van der Waals surface area contributed by atoms with E-state index < -0.39 is 10.0 Å². The van der Waals surface area contributed by atoms with E-state index in [1.807, 2.05) is 12.1 Å². The molecule has 0 bridgehead atoms. The van der Waals surface area contributed by atoms with Crippen molar-refractivity contribution < 1.29 is 17.9 Å². The Morgan fingerprint density at radius 1 is 1.06 bits per heavy atom. The summed E-state index contributed by atoms with van der Waals surface area (Å²) in [7, 11) is -1.92. The fourth-order valence-electron chi connectivity index (χ4n) is 4.72. The second-order valence-corrected chi connectivity index (χ2v) is 11.0. The lowest BCUT2D eigenvalue weighted by atomic mass is 9.96. The van der Waals surface area contributed by atoms with Crippen molar-refractivity contribution >= 4 is 15.9 Å². The third-order valence-electron chi connectivity index (χ3n) is 6.70. The minimum absolute atomic E-state index is 0.0226. The van der Waals surface area contributed by atoms with Crippen molar-refractivity contribution in [3.05, 3.63) is 59.9 Å². The molecule has 8 heteroatoms. The molecule has 0 spiro atoms. The summed E-state index contributed by atoms with van der Waals surface area (Å²) in [5.74, 6) is -0.140. The second kappa shape index (κ2) is 10.8. The number of sulfonamides is 1. The molecule has 1 aromatic heterocycles. The summed E-state index contributed by atoms with van der Waals surface area (Å²) in [5, 5.41) is 0. The summed E-state index contributed by atoms with van der Waals surface area (Å²) in [6.07, 6.45) is 10.5. The monoisotopic (exact) mass is 471 g/mol. The number of aromatic nitrogens is 1. The van der Waals surface area contributed by atoms with Crippen molar-refractivity contribution in [2.75, 3.05) is 20.2 Å². The first-order chi connectivity index (χ1) is 15.9. The van der Waals surface area contributed by atoms with Gasteiger partial charge in [-0.1, -0.05) is 25.3 Å². The zero-order valence-corrected chi connectivity index (χ0v) is 20.0. The highest BCUT2D eigenvalue weighted by Crippen LogP contribution is 2.27. The average Bonchev–Trinajstić information content (AvgIpc) is 3.37. The Bertz CT molecular complexity index is 1020. The van der Waals surface area contributed by atoms with Crippen LogP contribution in [0.5, 0.6) is 0 Å². The normalized spacial score (nSPS) is 19.6. The molecule has 1 aromatic carbocycles. The van der Waals surface area contributed by atoms with E-state index in [2.05, 4.69) is 4.98 Å². The third-order valence-corrected chi connectivity index (χ3v) is 8.62. The van der Waals surface area contributed by atoms with E-state index in [-0.39, 0.29) is 22.9 Å². The predicted octanol–water partition coefficient (Wildman–Crippen LogP) is 3.86. The lowest BCUT2D eigenvalue weighted by molar-refractivity contribution is 0.0507. The van der Waals surface area contributed by atoms with Crippen LogP contribution in [0.3, 0.4) is 0 Å². The number of nitrogens with zero attached hydrogens (tertiary/aromatic N) is 3. The molecular formula is C25H33N3O4S. The fourth-order valence-corrected chi connectivity index (χ4v) is 6.14. The molecule has 1 aliphatic heterocycles. The number of benzene rings is 1. The van der Waals surface area contributed by atoms with Gasteiger partial charge in [0.05, 0.1) is 11.0 Å². The molecule has 1 amide bonds. The van der Waals surface area contributed by atoms with Crippen molar-refractivity contribution in [3.63, 3.8) is 0 Å². The Morgan fingerprint density at radius 3 is 2.45 bits per heavy atom. The summed E-state index contributed by atoms with van der Waals surface area (Å²) in [6, 6.07) is 10.2. The van der Waals surface area contributed by atoms with Gasteiger partial charge in [-0.2, -0.15) is 4.31 Å². The Kier molecular flexibility index (Phi) is 7.78. The minimum Gasteiger partial charge on any atom is -0.376 e. The van der Waals surface area contributed by atoms with Crippen LogP contribution in [0.2, 0.25) is 0 Å². The molecule has 2 fully saturated rings. The molecule has 1 atom stereocenters. The van der Waals surface area contributed by atoms with Gasteiger partial charge in [-0.15, -0.1) is 0 Å². The number of rotatable bonds is 8. The van der Waals surface area contributed by atoms with Crippen LogP contribution < -0.4 is 0 Å². The highest BCUT2D eigenvalue weighted by atomic mass is 32.2. The van der Waals surface area contributed by atoms with Gasteiger partial charge in [-0.25, -0.2) is 8.42 Å². The van der Waals surface area contributed by atoms with Crippen molar-refractivity contribution in [1.29, 1.82) is 0 Å². The lowest BCUT2D eigenvalue weighted by Crippen LogP contribution is -2.38. The molecular weight excluding hydrogens is 438 g/mol. The van der Waals surface area contributed by atoms with Crippen LogP contribution in [0.15, 0.2) is 53.7 Å². The summed E-state index contributed by atoms with van der Waals surface area (Å²) in [6.45, 7) is 1.65. The maximum atomic E-state index is 13.4. The van der Waals surface area contributed by atoms with Crippen molar-refractivity contribution in [3.8, 4) is 0 Å². The zero-order chi connectivity index (χ0) is 23.3. The van der Waals surface area contributed by atoms with E-state index in [1.165, 1.54) is 10.7 Å². The van der Waals surface area contributed by atoms with Gasteiger partial charge in [0.2, 0.25) is 10.0 Å². The van der Waals surface area contributed by atoms with Gasteiger partial charge in [-0.3, -0.25) is 9.78 Å². The first-order valence-electron chi connectivity index (χ1n) is 11.8. The predicted molar refractivity (Wildman–Crippen MR) is 126 cm³/mol. The quantitative estimate of drug-likeness (QED) is 0.584. The van der Waals surface area contributed by atoms with Gasteiger partial charge in [-0.05, 0) is 61.6 Å². The van der Waals surface area contributed by atoms with Crippen LogP contribution in [-0.4, -0.2) is 60.9 Å². The molecule has 1 unspecified atom stereocenters. The maximum Gasteiger partial charge on any atom is 0.254 e. The smallest absolute Gasteiger partial charge is 0.254 e. The Balaban J connectivity index is 1.50. The maximum absolute atomic E-state index is 13.4. The van der Waals surface area contributed by atoms with Gasteiger partial charge >= 0.3 is 0 Å². The highest BCUT2D eigenvalue weighted by molar-refractivity contribution is 7.89. The first kappa shape index (κ1) is 23.9. The van der Waals surface area contributed by atoms with Crippen LogP contribution in [0.25, 0.3) is 0 Å². The van der Waals surface area contributed by atoms with Crippen LogP contribution >= 0.6 is 0 Å². The number of ether oxygens (including phenoxy) is 1. The summed E-state index contributed by atoms with van der Waals surface area (Å²) >= 11 is 0. The van der Waals surface area contributed by atoms with E-state index in [0.29, 0.717) is 18.7 Å². The molecule has 4 rings (SSSR count). The summed E-state index contributed by atoms with van der Waals surface area (Å²) in [4.78, 5) is 19.5. The largest absolute Gasteiger partial charge is 0.376 e. The van der Waals surface area contributed by atoms with E-state index in [0.717, 1.165) is 50.7 Å². The second-order valence-electron chi connectivity index (χ2n) is 9.02. The number of hydrogen-bond acceptors (Lipinski definition) is 5. The Hall–Kier alpha value is -2.29. The number of carbonyl (C=O) groups is 1. The number of hydrogen-bond donors (Lipinski definition) is 0. The van der Waals surface area contributed by atoms with Gasteiger partial charge in [0.15, 0.2) is 0 Å².